The quantitative estimate of drug-likeness (QED) is 0.773. The van der Waals surface area contributed by atoms with Crippen LogP contribution in [0.25, 0.3) is 0 Å². The molecule has 1 aliphatic heterocycles. The Kier molecular flexibility index (Phi) is 2.41. The van der Waals surface area contributed by atoms with Gasteiger partial charge in [-0.15, -0.1) is 0 Å². The van der Waals surface area contributed by atoms with E-state index in [2.05, 4.69) is 33.9 Å². The number of anilines is 3. The van der Waals surface area contributed by atoms with Crippen LogP contribution >= 0.6 is 0 Å². The summed E-state index contributed by atoms with van der Waals surface area (Å²) < 4.78 is 0. The van der Waals surface area contributed by atoms with Crippen LogP contribution in [-0.2, 0) is 0 Å². The van der Waals surface area contributed by atoms with Crippen molar-refractivity contribution >= 4 is 17.3 Å². The van der Waals surface area contributed by atoms with E-state index in [1.54, 1.807) is 17.4 Å². The predicted octanol–water partition coefficient (Wildman–Crippen LogP) is 1.96. The van der Waals surface area contributed by atoms with E-state index >= 15 is 0 Å². The van der Waals surface area contributed by atoms with Gasteiger partial charge in [0.1, 0.15) is 6.17 Å². The zero-order chi connectivity index (χ0) is 12.7. The lowest BCUT2D eigenvalue weighted by atomic mass is 10.2. The molecule has 0 saturated carbocycles. The zero-order valence-electron chi connectivity index (χ0n) is 10.4. The SMILES string of the molecule is Cc1ccccc1N1c2nccnc2N(N)[C@@H]1C. The van der Waals surface area contributed by atoms with Crippen LogP contribution in [0.4, 0.5) is 17.3 Å². The number of nitrogens with zero attached hydrogens (tertiary/aromatic N) is 4. The van der Waals surface area contributed by atoms with Crippen LogP contribution in [0.1, 0.15) is 12.5 Å². The first-order chi connectivity index (χ1) is 8.70. The monoisotopic (exact) mass is 241 g/mol. The molecule has 1 aromatic heterocycles. The number of fused-ring (bicyclic) bond motifs is 1. The Morgan fingerprint density at radius 2 is 1.78 bits per heavy atom. The summed E-state index contributed by atoms with van der Waals surface area (Å²) in [6.45, 7) is 4.12. The molecule has 0 fully saturated rings. The number of hydrogen-bond acceptors (Lipinski definition) is 5. The highest BCUT2D eigenvalue weighted by molar-refractivity contribution is 5.78. The molecule has 18 heavy (non-hydrogen) atoms. The lowest BCUT2D eigenvalue weighted by Crippen LogP contribution is -2.43. The van der Waals surface area contributed by atoms with Gasteiger partial charge in [0.2, 0.25) is 0 Å². The van der Waals surface area contributed by atoms with Crippen molar-refractivity contribution in [2.45, 2.75) is 20.0 Å². The van der Waals surface area contributed by atoms with Crippen LogP contribution in [0, 0.1) is 6.92 Å². The van der Waals surface area contributed by atoms with Gasteiger partial charge in [0.05, 0.1) is 0 Å². The summed E-state index contributed by atoms with van der Waals surface area (Å²) in [4.78, 5) is 10.8. The molecule has 0 unspecified atom stereocenters. The van der Waals surface area contributed by atoms with E-state index in [1.165, 1.54) is 5.56 Å². The van der Waals surface area contributed by atoms with E-state index in [-0.39, 0.29) is 6.17 Å². The smallest absolute Gasteiger partial charge is 0.188 e. The maximum absolute atomic E-state index is 6.06. The Morgan fingerprint density at radius 1 is 1.11 bits per heavy atom. The van der Waals surface area contributed by atoms with Crippen molar-refractivity contribution in [3.8, 4) is 0 Å². The molecule has 5 heteroatoms. The highest BCUT2D eigenvalue weighted by atomic mass is 15.6. The average molecular weight is 241 g/mol. The third-order valence-electron chi connectivity index (χ3n) is 3.28. The van der Waals surface area contributed by atoms with Crippen LogP contribution < -0.4 is 15.8 Å². The van der Waals surface area contributed by atoms with Gasteiger partial charge >= 0.3 is 0 Å². The first kappa shape index (κ1) is 11.0. The number of nitrogens with two attached hydrogens (primary N) is 1. The standard InChI is InChI=1S/C13H15N5/c1-9-5-3-4-6-11(9)17-10(2)18(14)13-12(17)15-7-8-16-13/h3-8,10H,14H2,1-2H3/t10-/m1/s1. The second kappa shape index (κ2) is 3.96. The number of hydrogen-bond donors (Lipinski definition) is 1. The van der Waals surface area contributed by atoms with Crippen molar-refractivity contribution in [2.75, 3.05) is 9.91 Å². The van der Waals surface area contributed by atoms with Crippen molar-refractivity contribution in [1.82, 2.24) is 9.97 Å². The number of hydrazine groups is 1. The van der Waals surface area contributed by atoms with Crippen LogP contribution in [0.5, 0.6) is 0 Å². The molecule has 0 bridgehead atoms. The Morgan fingerprint density at radius 3 is 2.50 bits per heavy atom. The summed E-state index contributed by atoms with van der Waals surface area (Å²) in [5, 5.41) is 1.65. The molecule has 0 aliphatic carbocycles. The van der Waals surface area contributed by atoms with Gasteiger partial charge in [0.25, 0.3) is 0 Å². The highest BCUT2D eigenvalue weighted by Gasteiger charge is 2.35. The maximum atomic E-state index is 6.06. The number of benzene rings is 1. The van der Waals surface area contributed by atoms with E-state index in [0.717, 1.165) is 11.5 Å². The van der Waals surface area contributed by atoms with Crippen molar-refractivity contribution in [2.24, 2.45) is 5.84 Å². The zero-order valence-corrected chi connectivity index (χ0v) is 10.4. The van der Waals surface area contributed by atoms with Crippen molar-refractivity contribution in [3.05, 3.63) is 42.2 Å². The molecule has 1 aliphatic rings. The number of aromatic nitrogens is 2. The summed E-state index contributed by atoms with van der Waals surface area (Å²) >= 11 is 0. The molecule has 3 rings (SSSR count). The van der Waals surface area contributed by atoms with E-state index in [0.29, 0.717) is 5.82 Å². The van der Waals surface area contributed by atoms with Gasteiger partial charge in [-0.3, -0.25) is 5.01 Å². The van der Waals surface area contributed by atoms with Gasteiger partial charge in [-0.25, -0.2) is 15.8 Å². The minimum absolute atomic E-state index is 0.00324. The molecule has 2 aromatic rings. The van der Waals surface area contributed by atoms with Gasteiger partial charge in [-0.1, -0.05) is 18.2 Å². The molecule has 2 N–H and O–H groups in total. The molecular weight excluding hydrogens is 226 g/mol. The number of aryl methyl sites for hydroxylation is 1. The Balaban J connectivity index is 2.16. The fraction of sp³-hybridized carbons (Fsp3) is 0.231. The van der Waals surface area contributed by atoms with Gasteiger partial charge < -0.3 is 4.90 Å². The van der Waals surface area contributed by atoms with Gasteiger partial charge in [-0.05, 0) is 25.5 Å². The number of para-hydroxylation sites is 1. The Bertz CT molecular complexity index is 583. The molecule has 0 spiro atoms. The van der Waals surface area contributed by atoms with E-state index in [4.69, 9.17) is 5.84 Å². The molecule has 5 nitrogen and oxygen atoms in total. The maximum Gasteiger partial charge on any atom is 0.188 e. The molecule has 0 amide bonds. The fourth-order valence-corrected chi connectivity index (χ4v) is 2.30. The van der Waals surface area contributed by atoms with Gasteiger partial charge in [-0.2, -0.15) is 0 Å². The van der Waals surface area contributed by atoms with E-state index < -0.39 is 0 Å². The van der Waals surface area contributed by atoms with Crippen LogP contribution in [0.3, 0.4) is 0 Å². The predicted molar refractivity (Wildman–Crippen MR) is 71.5 cm³/mol. The minimum Gasteiger partial charge on any atom is -0.301 e. The molecule has 1 aromatic carbocycles. The van der Waals surface area contributed by atoms with Crippen LogP contribution in [0.2, 0.25) is 0 Å². The lowest BCUT2D eigenvalue weighted by molar-refractivity contribution is 0.691. The van der Waals surface area contributed by atoms with Gasteiger partial charge in [0, 0.05) is 18.1 Å². The molecule has 0 saturated heterocycles. The summed E-state index contributed by atoms with van der Waals surface area (Å²) in [5.41, 5.74) is 2.30. The first-order valence-electron chi connectivity index (χ1n) is 5.90. The van der Waals surface area contributed by atoms with Crippen molar-refractivity contribution < 1.29 is 0 Å². The molecular formula is C13H15N5. The topological polar surface area (TPSA) is 58.3 Å². The van der Waals surface area contributed by atoms with Gasteiger partial charge in [0.15, 0.2) is 11.6 Å². The van der Waals surface area contributed by atoms with Crippen molar-refractivity contribution in [3.63, 3.8) is 0 Å². The second-order valence-electron chi connectivity index (χ2n) is 4.40. The van der Waals surface area contributed by atoms with Crippen molar-refractivity contribution in [1.29, 1.82) is 0 Å². The summed E-state index contributed by atoms with van der Waals surface area (Å²) in [7, 11) is 0. The van der Waals surface area contributed by atoms with E-state index in [1.807, 2.05) is 19.1 Å². The molecule has 1 atom stereocenters. The fourth-order valence-electron chi connectivity index (χ4n) is 2.30. The summed E-state index contributed by atoms with van der Waals surface area (Å²) in [6, 6.07) is 8.20. The normalized spacial score (nSPS) is 18.1. The highest BCUT2D eigenvalue weighted by Crippen LogP contribution is 2.40. The Labute approximate surface area is 106 Å². The largest absolute Gasteiger partial charge is 0.301 e. The van der Waals surface area contributed by atoms with E-state index in [9.17, 15) is 0 Å². The second-order valence-corrected chi connectivity index (χ2v) is 4.40. The summed E-state index contributed by atoms with van der Waals surface area (Å²) in [5.74, 6) is 7.58. The molecule has 2 heterocycles. The van der Waals surface area contributed by atoms with Crippen LogP contribution in [0.15, 0.2) is 36.7 Å². The first-order valence-corrected chi connectivity index (χ1v) is 5.90. The molecule has 92 valence electrons. The number of rotatable bonds is 1. The summed E-state index contributed by atoms with van der Waals surface area (Å²) in [6.07, 6.45) is 3.35. The minimum atomic E-state index is 0.00324. The Hall–Kier alpha value is -2.14. The molecule has 0 radical (unpaired) electrons. The third-order valence-corrected chi connectivity index (χ3v) is 3.28. The lowest BCUT2D eigenvalue weighted by Gasteiger charge is -2.27. The third kappa shape index (κ3) is 1.44. The van der Waals surface area contributed by atoms with Crippen LogP contribution in [-0.4, -0.2) is 16.1 Å². The average Bonchev–Trinajstić information content (AvgIpc) is 2.64.